The molecule has 0 aliphatic carbocycles. The van der Waals surface area contributed by atoms with E-state index in [1.54, 1.807) is 18.2 Å². The molecule has 1 amide bonds. The van der Waals surface area contributed by atoms with Crippen LogP contribution in [0.1, 0.15) is 29.7 Å². The summed E-state index contributed by atoms with van der Waals surface area (Å²) in [5, 5.41) is 3.25. The van der Waals surface area contributed by atoms with E-state index in [0.717, 1.165) is 21.7 Å². The van der Waals surface area contributed by atoms with Crippen molar-refractivity contribution in [1.29, 1.82) is 0 Å². The predicted octanol–water partition coefficient (Wildman–Crippen LogP) is 3.60. The molecule has 1 N–H and O–H groups in total. The second kappa shape index (κ2) is 8.10. The van der Waals surface area contributed by atoms with Gasteiger partial charge < -0.3 is 5.32 Å². The van der Waals surface area contributed by atoms with E-state index in [0.29, 0.717) is 10.7 Å². The van der Waals surface area contributed by atoms with Crippen LogP contribution in [0, 0.1) is 13.8 Å². The Balaban J connectivity index is 2.15. The van der Waals surface area contributed by atoms with Crippen molar-refractivity contribution in [3.05, 3.63) is 64.2 Å². The van der Waals surface area contributed by atoms with Gasteiger partial charge in [-0.3, -0.25) is 9.10 Å². The summed E-state index contributed by atoms with van der Waals surface area (Å²) >= 11 is 5.95. The highest BCUT2D eigenvalue weighted by atomic mass is 35.5. The van der Waals surface area contributed by atoms with Gasteiger partial charge in [-0.25, -0.2) is 8.42 Å². The third-order valence-electron chi connectivity index (χ3n) is 4.19. The molecule has 0 saturated heterocycles. The Labute approximate surface area is 160 Å². The van der Waals surface area contributed by atoms with E-state index in [4.69, 9.17) is 11.6 Å². The number of amides is 1. The van der Waals surface area contributed by atoms with E-state index >= 15 is 0 Å². The summed E-state index contributed by atoms with van der Waals surface area (Å²) in [6, 6.07) is 12.2. The number of aryl methyl sites for hydroxylation is 2. The topological polar surface area (TPSA) is 66.5 Å². The van der Waals surface area contributed by atoms with Gasteiger partial charge in [-0.1, -0.05) is 35.9 Å². The van der Waals surface area contributed by atoms with Crippen LogP contribution in [0.3, 0.4) is 0 Å². The Morgan fingerprint density at radius 3 is 2.42 bits per heavy atom. The summed E-state index contributed by atoms with van der Waals surface area (Å²) < 4.78 is 25.3. The van der Waals surface area contributed by atoms with E-state index in [1.165, 1.54) is 11.6 Å². The van der Waals surface area contributed by atoms with Gasteiger partial charge in [0.2, 0.25) is 15.9 Å². The zero-order valence-corrected chi connectivity index (χ0v) is 16.9. The number of nitrogens with one attached hydrogen (secondary N) is 1. The van der Waals surface area contributed by atoms with Crippen molar-refractivity contribution in [2.45, 2.75) is 26.8 Å². The molecular weight excluding hydrogens is 372 g/mol. The number of halogens is 1. The van der Waals surface area contributed by atoms with Crippen molar-refractivity contribution in [3.8, 4) is 0 Å². The van der Waals surface area contributed by atoms with Crippen molar-refractivity contribution >= 4 is 33.2 Å². The fraction of sp³-hybridized carbons (Fsp3) is 0.316. The molecule has 140 valence electrons. The normalized spacial score (nSPS) is 12.5. The Morgan fingerprint density at radius 2 is 1.85 bits per heavy atom. The first-order chi connectivity index (χ1) is 12.1. The first-order valence-electron chi connectivity index (χ1n) is 8.17. The summed E-state index contributed by atoms with van der Waals surface area (Å²) in [4.78, 5) is 12.4. The number of rotatable bonds is 6. The summed E-state index contributed by atoms with van der Waals surface area (Å²) in [6.45, 7) is 5.59. The standard InChI is InChI=1S/C19H23ClN2O3S/c1-13-8-9-16(10-14(13)2)15(3)21-19(23)12-22(26(4,24)25)18-7-5-6-17(20)11-18/h5-11,15H,12H2,1-4H3,(H,21,23). The third kappa shape index (κ3) is 5.22. The fourth-order valence-electron chi connectivity index (χ4n) is 2.57. The number of carbonyl (C=O) groups excluding carboxylic acids is 1. The van der Waals surface area contributed by atoms with Gasteiger partial charge in [-0.2, -0.15) is 0 Å². The van der Waals surface area contributed by atoms with Gasteiger partial charge in [0.25, 0.3) is 0 Å². The Hall–Kier alpha value is -2.05. The molecule has 0 aromatic heterocycles. The zero-order chi connectivity index (χ0) is 19.5. The maximum Gasteiger partial charge on any atom is 0.241 e. The molecule has 0 heterocycles. The van der Waals surface area contributed by atoms with Crippen LogP contribution < -0.4 is 9.62 Å². The number of sulfonamides is 1. The average molecular weight is 395 g/mol. The summed E-state index contributed by atoms with van der Waals surface area (Å²) in [5.74, 6) is -0.388. The monoisotopic (exact) mass is 394 g/mol. The largest absolute Gasteiger partial charge is 0.348 e. The van der Waals surface area contributed by atoms with E-state index < -0.39 is 10.0 Å². The van der Waals surface area contributed by atoms with E-state index in [2.05, 4.69) is 5.32 Å². The van der Waals surface area contributed by atoms with E-state index in [-0.39, 0.29) is 18.5 Å². The van der Waals surface area contributed by atoms with Crippen LogP contribution in [0.15, 0.2) is 42.5 Å². The molecule has 0 saturated carbocycles. The first-order valence-corrected chi connectivity index (χ1v) is 10.4. The van der Waals surface area contributed by atoms with Gasteiger partial charge in [-0.05, 0) is 55.7 Å². The Bertz CT molecular complexity index is 913. The average Bonchev–Trinajstić information content (AvgIpc) is 2.54. The van der Waals surface area contributed by atoms with Crippen LogP contribution in [0.2, 0.25) is 5.02 Å². The molecule has 0 radical (unpaired) electrons. The number of benzene rings is 2. The zero-order valence-electron chi connectivity index (χ0n) is 15.3. The smallest absolute Gasteiger partial charge is 0.241 e. The lowest BCUT2D eigenvalue weighted by Crippen LogP contribution is -2.41. The molecule has 2 aromatic carbocycles. The van der Waals surface area contributed by atoms with Crippen molar-refractivity contribution < 1.29 is 13.2 Å². The number of hydrogen-bond donors (Lipinski definition) is 1. The molecule has 1 atom stereocenters. The molecule has 1 unspecified atom stereocenters. The van der Waals surface area contributed by atoms with Crippen LogP contribution in [0.25, 0.3) is 0 Å². The highest BCUT2D eigenvalue weighted by Crippen LogP contribution is 2.22. The lowest BCUT2D eigenvalue weighted by atomic mass is 10.0. The Kier molecular flexibility index (Phi) is 6.31. The highest BCUT2D eigenvalue weighted by molar-refractivity contribution is 7.92. The molecule has 0 bridgehead atoms. The fourth-order valence-corrected chi connectivity index (χ4v) is 3.60. The Morgan fingerprint density at radius 1 is 1.15 bits per heavy atom. The van der Waals surface area contributed by atoms with Gasteiger partial charge >= 0.3 is 0 Å². The SMILES string of the molecule is Cc1ccc(C(C)NC(=O)CN(c2cccc(Cl)c2)S(C)(=O)=O)cc1C. The van der Waals surface area contributed by atoms with Crippen LogP contribution in [0.5, 0.6) is 0 Å². The van der Waals surface area contributed by atoms with Gasteiger partial charge in [0, 0.05) is 5.02 Å². The van der Waals surface area contributed by atoms with Crippen molar-refractivity contribution in [1.82, 2.24) is 5.32 Å². The van der Waals surface area contributed by atoms with Gasteiger partial charge in [0.1, 0.15) is 6.54 Å². The maximum atomic E-state index is 12.4. The minimum Gasteiger partial charge on any atom is -0.348 e. The van der Waals surface area contributed by atoms with E-state index in [9.17, 15) is 13.2 Å². The number of nitrogens with zero attached hydrogens (tertiary/aromatic N) is 1. The molecule has 0 spiro atoms. The van der Waals surface area contributed by atoms with Gasteiger partial charge in [0.15, 0.2) is 0 Å². The lowest BCUT2D eigenvalue weighted by Gasteiger charge is -2.23. The molecular formula is C19H23ClN2O3S. The molecule has 0 fully saturated rings. The van der Waals surface area contributed by atoms with Gasteiger partial charge in [0.05, 0.1) is 18.0 Å². The summed E-state index contributed by atoms with van der Waals surface area (Å²) in [7, 11) is -3.63. The van der Waals surface area contributed by atoms with Crippen LogP contribution >= 0.6 is 11.6 Å². The van der Waals surface area contributed by atoms with Crippen molar-refractivity contribution in [2.75, 3.05) is 17.1 Å². The van der Waals surface area contributed by atoms with Crippen molar-refractivity contribution in [2.24, 2.45) is 0 Å². The number of anilines is 1. The molecule has 7 heteroatoms. The van der Waals surface area contributed by atoms with Crippen molar-refractivity contribution in [3.63, 3.8) is 0 Å². The molecule has 2 rings (SSSR count). The summed E-state index contributed by atoms with van der Waals surface area (Å²) in [6.07, 6.45) is 1.06. The predicted molar refractivity (Wildman–Crippen MR) is 106 cm³/mol. The molecule has 26 heavy (non-hydrogen) atoms. The van der Waals surface area contributed by atoms with E-state index in [1.807, 2.05) is 39.0 Å². The summed E-state index contributed by atoms with van der Waals surface area (Å²) in [5.41, 5.74) is 3.64. The van der Waals surface area contributed by atoms with Crippen LogP contribution in [-0.4, -0.2) is 27.1 Å². The van der Waals surface area contributed by atoms with Crippen LogP contribution in [-0.2, 0) is 14.8 Å². The number of hydrogen-bond acceptors (Lipinski definition) is 3. The van der Waals surface area contributed by atoms with Crippen LogP contribution in [0.4, 0.5) is 5.69 Å². The molecule has 2 aromatic rings. The lowest BCUT2D eigenvalue weighted by molar-refractivity contribution is -0.120. The molecule has 5 nitrogen and oxygen atoms in total. The maximum absolute atomic E-state index is 12.4. The highest BCUT2D eigenvalue weighted by Gasteiger charge is 2.22. The molecule has 0 aliphatic rings. The minimum absolute atomic E-state index is 0.234. The van der Waals surface area contributed by atoms with Gasteiger partial charge in [-0.15, -0.1) is 0 Å². The first kappa shape index (κ1) is 20.3. The third-order valence-corrected chi connectivity index (χ3v) is 5.57. The number of carbonyl (C=O) groups is 1. The quantitative estimate of drug-likeness (QED) is 0.813. The second-order valence-corrected chi connectivity index (χ2v) is 8.73. The second-order valence-electron chi connectivity index (χ2n) is 6.38. The minimum atomic E-state index is -3.63. The molecule has 0 aliphatic heterocycles.